The van der Waals surface area contributed by atoms with Crippen molar-refractivity contribution in [2.45, 2.75) is 38.8 Å². The molecule has 2 fully saturated rings. The van der Waals surface area contributed by atoms with Crippen LogP contribution in [-0.2, 0) is 9.53 Å². The van der Waals surface area contributed by atoms with Gasteiger partial charge < -0.3 is 24.6 Å². The summed E-state index contributed by atoms with van der Waals surface area (Å²) >= 11 is 7.92. The maximum Gasteiger partial charge on any atom is 0.338 e. The second kappa shape index (κ2) is 17.2. The molecule has 3 aromatic carbocycles. The fourth-order valence-electron chi connectivity index (χ4n) is 7.36. The van der Waals surface area contributed by atoms with E-state index >= 15 is 0 Å². The van der Waals surface area contributed by atoms with E-state index in [1.54, 1.807) is 35.4 Å². The molecular weight excluding hydrogens is 757 g/mol. The first-order valence-electron chi connectivity index (χ1n) is 18.7. The molecule has 7 rings (SSSR count). The van der Waals surface area contributed by atoms with Gasteiger partial charge in [-0.05, 0) is 73.5 Å². The molecule has 56 heavy (non-hydrogen) atoms. The van der Waals surface area contributed by atoms with Gasteiger partial charge in [-0.25, -0.2) is 19.0 Å². The normalized spacial score (nSPS) is 18.4. The Hall–Kier alpha value is -5.31. The fourth-order valence-corrected chi connectivity index (χ4v) is 8.21. The first-order valence-corrected chi connectivity index (χ1v) is 19.9. The molecule has 3 amide bonds. The van der Waals surface area contributed by atoms with Crippen molar-refractivity contribution in [2.24, 2.45) is 4.99 Å². The van der Waals surface area contributed by atoms with Crippen LogP contribution in [-0.4, -0.2) is 102 Å². The van der Waals surface area contributed by atoms with Gasteiger partial charge in [0.2, 0.25) is 0 Å². The van der Waals surface area contributed by atoms with Crippen LogP contribution in [0.1, 0.15) is 53.7 Å². The number of thiazole rings is 1. The zero-order valence-electron chi connectivity index (χ0n) is 31.4. The molecule has 0 bridgehead atoms. The first-order chi connectivity index (χ1) is 27.2. The van der Waals surface area contributed by atoms with Crippen LogP contribution < -0.4 is 15.0 Å². The van der Waals surface area contributed by atoms with E-state index in [4.69, 9.17) is 26.1 Å². The predicted molar refractivity (Wildman–Crippen MR) is 214 cm³/mol. The number of methoxy groups -OCH3 is 1. The summed E-state index contributed by atoms with van der Waals surface area (Å²) in [5, 5.41) is 5.94. The number of esters is 1. The van der Waals surface area contributed by atoms with Gasteiger partial charge in [0, 0.05) is 84.9 Å². The van der Waals surface area contributed by atoms with Crippen LogP contribution in [0.3, 0.4) is 0 Å². The second-order valence-corrected chi connectivity index (χ2v) is 15.1. The van der Waals surface area contributed by atoms with Gasteiger partial charge in [0.15, 0.2) is 10.8 Å². The van der Waals surface area contributed by atoms with Gasteiger partial charge in [-0.1, -0.05) is 31.5 Å². The molecule has 1 aromatic heterocycles. The van der Waals surface area contributed by atoms with Crippen LogP contribution >= 0.6 is 22.9 Å². The lowest BCUT2D eigenvalue weighted by Crippen LogP contribution is -2.53. The van der Waals surface area contributed by atoms with Crippen LogP contribution in [0.15, 0.2) is 94.6 Å². The van der Waals surface area contributed by atoms with Gasteiger partial charge in [-0.15, -0.1) is 11.3 Å². The summed E-state index contributed by atoms with van der Waals surface area (Å²) in [5.41, 5.74) is 2.69. The molecule has 0 aliphatic carbocycles. The first kappa shape index (κ1) is 38.9. The molecule has 2 atom stereocenters. The number of amidine groups is 1. The summed E-state index contributed by atoms with van der Waals surface area (Å²) in [6.07, 6.45) is 3.48. The van der Waals surface area contributed by atoms with Gasteiger partial charge in [0.1, 0.15) is 23.4 Å². The Morgan fingerprint density at radius 1 is 1.00 bits per heavy atom. The van der Waals surface area contributed by atoms with Crippen molar-refractivity contribution in [1.29, 1.82) is 0 Å². The highest BCUT2D eigenvalue weighted by Gasteiger charge is 2.42. The highest BCUT2D eigenvalue weighted by atomic mass is 35.5. The number of benzene rings is 3. The number of nitrogens with zero attached hydrogens (tertiary/aromatic N) is 6. The average Bonchev–Trinajstić information content (AvgIpc) is 3.86. The lowest BCUT2D eigenvalue weighted by Gasteiger charge is -2.38. The highest BCUT2D eigenvalue weighted by Crippen LogP contribution is 2.37. The molecule has 0 radical (unpaired) electrons. The van der Waals surface area contributed by atoms with Crippen LogP contribution in [0.4, 0.5) is 14.9 Å². The molecule has 4 heterocycles. The lowest BCUT2D eigenvalue weighted by molar-refractivity contribution is -0.136. The van der Waals surface area contributed by atoms with E-state index in [1.165, 1.54) is 36.6 Å². The van der Waals surface area contributed by atoms with Crippen molar-refractivity contribution in [1.82, 2.24) is 25.0 Å². The zero-order chi connectivity index (χ0) is 39.3. The molecule has 12 nitrogen and oxygen atoms in total. The van der Waals surface area contributed by atoms with Gasteiger partial charge in [0.05, 0.1) is 18.7 Å². The second-order valence-electron chi connectivity index (χ2n) is 13.8. The Balaban J connectivity index is 1.04. The standard InChI is InChI=1S/C41H43ClFN7O5S/c1-4-17-48(18-5-2)39(51)26-6-11-30(12-7-26)55-31-13-9-28(10-14-31)50-24-29-23-47(19-20-49(29)41(50)53)25-34-35(40(52)54-3)36(32-15-8-27(43)22-33(32)42)46-37(45-34)38-44-16-21-56-38/h6-16,21-22,29,36H,4-5,17-20,23-25H2,1-3H3,(H,45,46). The monoisotopic (exact) mass is 799 g/mol. The SMILES string of the molecule is CCCN(CCC)C(=O)c1ccc(Oc2ccc(N3CC4CN(CC5=C(C(=O)OC)C(c6ccc(F)cc6Cl)N=C(c6nccs6)N5)CCN4C3=O)cc2)cc1. The third-order valence-corrected chi connectivity index (χ3v) is 11.1. The number of fused-ring (bicyclic) bond motifs is 1. The number of rotatable bonds is 13. The molecule has 15 heteroatoms. The number of piperazine rings is 1. The summed E-state index contributed by atoms with van der Waals surface area (Å²) in [5.74, 6) is 0.620. The molecule has 2 unspecified atom stereocenters. The molecule has 3 aliphatic heterocycles. The number of halogens is 2. The van der Waals surface area contributed by atoms with Crippen LogP contribution in [0, 0.1) is 5.82 Å². The minimum Gasteiger partial charge on any atom is -0.466 e. The van der Waals surface area contributed by atoms with E-state index in [9.17, 15) is 18.8 Å². The van der Waals surface area contributed by atoms with E-state index < -0.39 is 17.8 Å². The minimum absolute atomic E-state index is 0.0177. The number of carbonyl (C=O) groups is 3. The van der Waals surface area contributed by atoms with Gasteiger partial charge in [-0.3, -0.25) is 19.6 Å². The summed E-state index contributed by atoms with van der Waals surface area (Å²) in [6.45, 7) is 8.01. The number of hydrogen-bond donors (Lipinski definition) is 1. The maximum absolute atomic E-state index is 14.1. The Morgan fingerprint density at radius 3 is 2.36 bits per heavy atom. The van der Waals surface area contributed by atoms with Crippen LogP contribution in [0.2, 0.25) is 5.02 Å². The van der Waals surface area contributed by atoms with Crippen LogP contribution in [0.25, 0.3) is 0 Å². The van der Waals surface area contributed by atoms with Crippen LogP contribution in [0.5, 0.6) is 11.5 Å². The third kappa shape index (κ3) is 8.27. The summed E-state index contributed by atoms with van der Waals surface area (Å²) in [4.78, 5) is 57.0. The zero-order valence-corrected chi connectivity index (χ0v) is 33.0. The summed E-state index contributed by atoms with van der Waals surface area (Å²) in [7, 11) is 1.31. The van der Waals surface area contributed by atoms with Crippen molar-refractivity contribution in [3.05, 3.63) is 117 Å². The molecule has 0 spiro atoms. The molecule has 3 aliphatic rings. The van der Waals surface area contributed by atoms with E-state index in [0.717, 1.165) is 31.6 Å². The number of urea groups is 1. The van der Waals surface area contributed by atoms with E-state index in [1.807, 2.05) is 39.4 Å². The number of hydrogen-bond acceptors (Lipinski definition) is 10. The predicted octanol–water partition coefficient (Wildman–Crippen LogP) is 7.13. The highest BCUT2D eigenvalue weighted by molar-refractivity contribution is 7.11. The molecule has 292 valence electrons. The Labute approximate surface area is 334 Å². The van der Waals surface area contributed by atoms with Crippen molar-refractivity contribution in [2.75, 3.05) is 57.8 Å². The number of amides is 3. The molecule has 0 saturated carbocycles. The minimum atomic E-state index is -0.863. The molecule has 4 aromatic rings. The number of nitrogens with one attached hydrogen (secondary N) is 1. The molecule has 1 N–H and O–H groups in total. The smallest absolute Gasteiger partial charge is 0.338 e. The Kier molecular flexibility index (Phi) is 12.0. The van der Waals surface area contributed by atoms with E-state index in [0.29, 0.717) is 71.9 Å². The lowest BCUT2D eigenvalue weighted by atomic mass is 9.95. The Morgan fingerprint density at radius 2 is 1.71 bits per heavy atom. The van der Waals surface area contributed by atoms with Crippen molar-refractivity contribution < 1.29 is 28.2 Å². The van der Waals surface area contributed by atoms with Crippen molar-refractivity contribution in [3.63, 3.8) is 0 Å². The van der Waals surface area contributed by atoms with Crippen molar-refractivity contribution >= 4 is 52.4 Å². The quantitative estimate of drug-likeness (QED) is 0.142. The third-order valence-electron chi connectivity index (χ3n) is 10.0. The van der Waals surface area contributed by atoms with Crippen molar-refractivity contribution in [3.8, 4) is 11.5 Å². The van der Waals surface area contributed by atoms with E-state index in [2.05, 4.69) is 29.0 Å². The summed E-state index contributed by atoms with van der Waals surface area (Å²) < 4.78 is 25.4. The topological polar surface area (TPSA) is 120 Å². The molecular formula is C41H43ClFN7O5S. The fraction of sp³-hybridized carbons (Fsp3) is 0.341. The van der Waals surface area contributed by atoms with Gasteiger partial charge in [0.25, 0.3) is 5.91 Å². The maximum atomic E-state index is 14.1. The average molecular weight is 800 g/mol. The van der Waals surface area contributed by atoms with Gasteiger partial charge in [-0.2, -0.15) is 0 Å². The Bertz CT molecular complexity index is 2120. The number of aromatic nitrogens is 1. The number of anilines is 1. The van der Waals surface area contributed by atoms with E-state index in [-0.39, 0.29) is 28.6 Å². The summed E-state index contributed by atoms with van der Waals surface area (Å²) in [6, 6.07) is 17.6. The number of carbonyl (C=O) groups excluding carboxylic acids is 3. The largest absolute Gasteiger partial charge is 0.466 e. The molecule has 2 saturated heterocycles. The van der Waals surface area contributed by atoms with Gasteiger partial charge >= 0.3 is 12.0 Å². The number of ether oxygens (including phenoxy) is 2. The number of aliphatic imine (C=N–C) groups is 1.